The third kappa shape index (κ3) is 1.74. The van der Waals surface area contributed by atoms with E-state index in [-0.39, 0.29) is 18.9 Å². The Morgan fingerprint density at radius 2 is 2.50 bits per heavy atom. The largest absolute Gasteiger partial charge is 0.394 e. The summed E-state index contributed by atoms with van der Waals surface area (Å²) in [5.74, 6) is 0.753. The highest BCUT2D eigenvalue weighted by Gasteiger charge is 2.37. The Balaban J connectivity index is 1.74. The first-order valence-electron chi connectivity index (χ1n) is 5.93. The van der Waals surface area contributed by atoms with Crippen molar-refractivity contribution in [2.75, 3.05) is 13.7 Å². The maximum absolute atomic E-state index is 9.09. The topological polar surface area (TPSA) is 84.7 Å². The molecule has 8 heteroatoms. The standard InChI is InChI=1S/C10H16N6O2/c1-11-15-6-12-4-8-10(15)13-14-16(8)9-3-2-7(5-17)18-9/h4,6-7,9,11,14,17H,2-3,5H2,1H3/t7-,9+/m0/s1. The zero-order chi connectivity index (χ0) is 12.5. The van der Waals surface area contributed by atoms with Gasteiger partial charge in [0.25, 0.3) is 0 Å². The highest BCUT2D eigenvalue weighted by atomic mass is 16.5. The molecule has 1 saturated heterocycles. The molecule has 3 rings (SSSR count). The summed E-state index contributed by atoms with van der Waals surface area (Å²) in [5.41, 5.74) is 6.76. The number of rotatable bonds is 3. The van der Waals surface area contributed by atoms with E-state index in [1.165, 1.54) is 0 Å². The van der Waals surface area contributed by atoms with Crippen molar-refractivity contribution in [3.63, 3.8) is 0 Å². The van der Waals surface area contributed by atoms with Crippen LogP contribution in [0.15, 0.2) is 22.0 Å². The summed E-state index contributed by atoms with van der Waals surface area (Å²) in [6.45, 7) is 0.0535. The highest BCUT2D eigenvalue weighted by Crippen LogP contribution is 2.27. The number of hydrogen-bond donors (Lipinski definition) is 3. The monoisotopic (exact) mass is 252 g/mol. The molecule has 0 aliphatic carbocycles. The summed E-state index contributed by atoms with van der Waals surface area (Å²) < 4.78 is 5.72. The third-order valence-corrected chi connectivity index (χ3v) is 3.18. The molecule has 0 spiro atoms. The SMILES string of the molecule is CNN1C=NC=C2C1=NNN2[C@H]1CC[C@@H](CO)O1. The number of hydrazone groups is 1. The van der Waals surface area contributed by atoms with Gasteiger partial charge in [0.1, 0.15) is 12.0 Å². The average Bonchev–Trinajstić information content (AvgIpc) is 3.03. The number of aliphatic hydroxyl groups is 1. The second-order valence-electron chi connectivity index (χ2n) is 4.25. The molecule has 0 aromatic rings. The maximum Gasteiger partial charge on any atom is 0.197 e. The van der Waals surface area contributed by atoms with Gasteiger partial charge in [0.05, 0.1) is 18.9 Å². The Bertz CT molecular complexity index is 421. The van der Waals surface area contributed by atoms with Gasteiger partial charge in [-0.15, -0.1) is 5.10 Å². The van der Waals surface area contributed by atoms with Crippen LogP contribution < -0.4 is 11.0 Å². The molecule has 0 saturated carbocycles. The van der Waals surface area contributed by atoms with Crippen LogP contribution in [0.25, 0.3) is 0 Å². The van der Waals surface area contributed by atoms with Gasteiger partial charge >= 0.3 is 0 Å². The van der Waals surface area contributed by atoms with E-state index in [1.807, 2.05) is 5.01 Å². The summed E-state index contributed by atoms with van der Waals surface area (Å²) in [6.07, 6.45) is 4.88. The fourth-order valence-corrected chi connectivity index (χ4v) is 2.24. The fraction of sp³-hybridized carbons (Fsp3) is 0.600. The van der Waals surface area contributed by atoms with Crippen LogP contribution in [0.2, 0.25) is 0 Å². The van der Waals surface area contributed by atoms with Gasteiger partial charge < -0.3 is 9.84 Å². The molecule has 2 atom stereocenters. The summed E-state index contributed by atoms with van der Waals surface area (Å²) >= 11 is 0. The van der Waals surface area contributed by atoms with Crippen LogP contribution in [0.1, 0.15) is 12.8 Å². The number of hydrazine groups is 2. The molecule has 3 N–H and O–H groups in total. The van der Waals surface area contributed by atoms with Crippen molar-refractivity contribution in [2.24, 2.45) is 10.1 Å². The van der Waals surface area contributed by atoms with Crippen LogP contribution in [-0.4, -0.2) is 53.3 Å². The number of amidine groups is 1. The summed E-state index contributed by atoms with van der Waals surface area (Å²) in [5, 5.41) is 16.9. The van der Waals surface area contributed by atoms with Crippen molar-refractivity contribution in [3.8, 4) is 0 Å². The molecule has 0 unspecified atom stereocenters. The minimum atomic E-state index is -0.123. The van der Waals surface area contributed by atoms with Crippen LogP contribution in [-0.2, 0) is 4.74 Å². The first kappa shape index (κ1) is 11.5. The quantitative estimate of drug-likeness (QED) is 0.593. The smallest absolute Gasteiger partial charge is 0.197 e. The van der Waals surface area contributed by atoms with Gasteiger partial charge in [0.2, 0.25) is 0 Å². The molecule has 98 valence electrons. The highest BCUT2D eigenvalue weighted by molar-refractivity contribution is 6.05. The van der Waals surface area contributed by atoms with Crippen LogP contribution in [0, 0.1) is 0 Å². The van der Waals surface area contributed by atoms with Crippen molar-refractivity contribution >= 4 is 12.2 Å². The van der Waals surface area contributed by atoms with E-state index in [2.05, 4.69) is 21.1 Å². The Hall–Kier alpha value is -1.64. The molecule has 3 heterocycles. The number of aliphatic imine (C=N–C) groups is 1. The van der Waals surface area contributed by atoms with E-state index in [0.29, 0.717) is 0 Å². The molecule has 1 fully saturated rings. The predicted octanol–water partition coefficient (Wildman–Crippen LogP) is -1.06. The van der Waals surface area contributed by atoms with E-state index in [1.54, 1.807) is 24.6 Å². The van der Waals surface area contributed by atoms with Crippen molar-refractivity contribution in [3.05, 3.63) is 11.9 Å². The van der Waals surface area contributed by atoms with E-state index in [4.69, 9.17) is 9.84 Å². The van der Waals surface area contributed by atoms with Crippen LogP contribution in [0.3, 0.4) is 0 Å². The molecule has 0 amide bonds. The number of aliphatic hydroxyl groups excluding tert-OH is 1. The molecular formula is C10H16N6O2. The van der Waals surface area contributed by atoms with Gasteiger partial charge in [-0.25, -0.2) is 26.0 Å². The van der Waals surface area contributed by atoms with Gasteiger partial charge in [0.15, 0.2) is 12.1 Å². The summed E-state index contributed by atoms with van der Waals surface area (Å²) in [6, 6.07) is 0. The number of nitrogens with one attached hydrogen (secondary N) is 2. The lowest BCUT2D eigenvalue weighted by atomic mass is 10.2. The third-order valence-electron chi connectivity index (χ3n) is 3.18. The van der Waals surface area contributed by atoms with Gasteiger partial charge in [-0.2, -0.15) is 0 Å². The number of hydrogen-bond acceptors (Lipinski definition) is 8. The Labute approximate surface area is 105 Å². The van der Waals surface area contributed by atoms with E-state index in [9.17, 15) is 0 Å². The number of nitrogens with zero attached hydrogens (tertiary/aromatic N) is 4. The molecule has 18 heavy (non-hydrogen) atoms. The lowest BCUT2D eigenvalue weighted by Crippen LogP contribution is -2.45. The van der Waals surface area contributed by atoms with Crippen LogP contribution in [0.5, 0.6) is 0 Å². The van der Waals surface area contributed by atoms with Crippen LogP contribution in [0.4, 0.5) is 0 Å². The minimum Gasteiger partial charge on any atom is -0.394 e. The zero-order valence-electron chi connectivity index (χ0n) is 10.1. The normalized spacial score (nSPS) is 30.1. The maximum atomic E-state index is 9.09. The summed E-state index contributed by atoms with van der Waals surface area (Å²) in [4.78, 5) is 4.14. The predicted molar refractivity (Wildman–Crippen MR) is 64.9 cm³/mol. The second kappa shape index (κ2) is 4.56. The Morgan fingerprint density at radius 3 is 3.22 bits per heavy atom. The van der Waals surface area contributed by atoms with Crippen LogP contribution >= 0.6 is 0 Å². The number of fused-ring (bicyclic) bond motifs is 1. The number of ether oxygens (including phenoxy) is 1. The molecule has 0 aromatic heterocycles. The minimum absolute atomic E-state index is 0.0535. The molecule has 0 radical (unpaired) electrons. The van der Waals surface area contributed by atoms with E-state index < -0.39 is 0 Å². The first-order valence-corrected chi connectivity index (χ1v) is 5.93. The molecule has 0 bridgehead atoms. The lowest BCUT2D eigenvalue weighted by molar-refractivity contribution is -0.0672. The van der Waals surface area contributed by atoms with Crippen molar-refractivity contribution in [1.29, 1.82) is 0 Å². The van der Waals surface area contributed by atoms with Gasteiger partial charge in [-0.1, -0.05) is 0 Å². The lowest BCUT2D eigenvalue weighted by Gasteiger charge is -2.28. The average molecular weight is 252 g/mol. The second-order valence-corrected chi connectivity index (χ2v) is 4.25. The molecular weight excluding hydrogens is 236 g/mol. The molecule has 3 aliphatic heterocycles. The Kier molecular flexibility index (Phi) is 2.90. The van der Waals surface area contributed by atoms with E-state index in [0.717, 1.165) is 24.4 Å². The summed E-state index contributed by atoms with van der Waals surface area (Å²) in [7, 11) is 1.80. The van der Waals surface area contributed by atoms with Gasteiger partial charge in [-0.05, 0) is 12.8 Å². The molecule has 8 nitrogen and oxygen atoms in total. The molecule has 3 aliphatic rings. The van der Waals surface area contributed by atoms with Crippen molar-refractivity contribution in [2.45, 2.75) is 25.2 Å². The van der Waals surface area contributed by atoms with Crippen molar-refractivity contribution < 1.29 is 9.84 Å². The van der Waals surface area contributed by atoms with Crippen molar-refractivity contribution in [1.82, 2.24) is 21.0 Å². The fourth-order valence-electron chi connectivity index (χ4n) is 2.24. The van der Waals surface area contributed by atoms with E-state index >= 15 is 0 Å². The van der Waals surface area contributed by atoms with Gasteiger partial charge in [-0.3, -0.25) is 0 Å². The van der Waals surface area contributed by atoms with Gasteiger partial charge in [0, 0.05) is 7.05 Å². The molecule has 0 aromatic carbocycles. The first-order chi connectivity index (χ1) is 8.83. The Morgan fingerprint density at radius 1 is 1.61 bits per heavy atom. The zero-order valence-corrected chi connectivity index (χ0v) is 10.1.